The molecule has 1 fully saturated rings. The van der Waals surface area contributed by atoms with Crippen LogP contribution >= 0.6 is 0 Å². The second-order valence-corrected chi connectivity index (χ2v) is 6.89. The lowest BCUT2D eigenvalue weighted by atomic mass is 10.1. The van der Waals surface area contributed by atoms with Crippen molar-refractivity contribution in [1.29, 1.82) is 0 Å². The Bertz CT molecular complexity index is 487. The summed E-state index contributed by atoms with van der Waals surface area (Å²) in [6.45, 7) is 3.34. The van der Waals surface area contributed by atoms with E-state index in [9.17, 15) is 8.42 Å². The molecule has 4 nitrogen and oxygen atoms in total. The summed E-state index contributed by atoms with van der Waals surface area (Å²) in [6.07, 6.45) is 1.36. The van der Waals surface area contributed by atoms with Crippen molar-refractivity contribution < 1.29 is 13.2 Å². The van der Waals surface area contributed by atoms with Gasteiger partial charge in [-0.3, -0.25) is 0 Å². The molecule has 0 bridgehead atoms. The van der Waals surface area contributed by atoms with E-state index in [0.29, 0.717) is 32.6 Å². The highest BCUT2D eigenvalue weighted by molar-refractivity contribution is 7.89. The second-order valence-electron chi connectivity index (χ2n) is 4.85. The summed E-state index contributed by atoms with van der Waals surface area (Å²) in [6, 6.07) is 9.89. The first-order valence-corrected chi connectivity index (χ1v) is 8.35. The zero-order valence-corrected chi connectivity index (χ0v) is 12.1. The Balaban J connectivity index is 2.12. The van der Waals surface area contributed by atoms with Crippen LogP contribution in [0.25, 0.3) is 0 Å². The molecule has 1 atom stereocenters. The highest BCUT2D eigenvalue weighted by Gasteiger charge is 2.32. The van der Waals surface area contributed by atoms with E-state index in [4.69, 9.17) is 4.74 Å². The SMILES string of the molecule is CCCS(=O)(=O)N1CCOCC1Cc1ccccc1. The normalized spacial score (nSPS) is 21.4. The van der Waals surface area contributed by atoms with E-state index in [-0.39, 0.29) is 11.8 Å². The molecular weight excluding hydrogens is 262 g/mol. The fraction of sp³-hybridized carbons (Fsp3) is 0.571. The first kappa shape index (κ1) is 14.5. The van der Waals surface area contributed by atoms with Gasteiger partial charge in [0.2, 0.25) is 10.0 Å². The highest BCUT2D eigenvalue weighted by Crippen LogP contribution is 2.17. The molecule has 1 aromatic rings. The van der Waals surface area contributed by atoms with Crippen molar-refractivity contribution in [3.05, 3.63) is 35.9 Å². The van der Waals surface area contributed by atoms with Gasteiger partial charge in [0.25, 0.3) is 0 Å². The van der Waals surface area contributed by atoms with Crippen molar-refractivity contribution in [2.45, 2.75) is 25.8 Å². The van der Waals surface area contributed by atoms with Gasteiger partial charge < -0.3 is 4.74 Å². The number of rotatable bonds is 5. The minimum atomic E-state index is -3.15. The number of hydrogen-bond acceptors (Lipinski definition) is 3. The summed E-state index contributed by atoms with van der Waals surface area (Å²) in [4.78, 5) is 0. The van der Waals surface area contributed by atoms with Crippen LogP contribution in [-0.4, -0.2) is 44.3 Å². The standard InChI is InChI=1S/C14H21NO3S/c1-2-10-19(16,17)15-8-9-18-12-14(15)11-13-6-4-3-5-7-13/h3-7,14H,2,8-12H2,1H3. The van der Waals surface area contributed by atoms with Gasteiger partial charge in [-0.25, -0.2) is 8.42 Å². The molecule has 0 N–H and O–H groups in total. The predicted molar refractivity (Wildman–Crippen MR) is 75.5 cm³/mol. The topological polar surface area (TPSA) is 46.6 Å². The summed E-state index contributed by atoms with van der Waals surface area (Å²) < 4.78 is 31.6. The molecule has 106 valence electrons. The molecular formula is C14H21NO3S. The quantitative estimate of drug-likeness (QED) is 0.826. The zero-order valence-electron chi connectivity index (χ0n) is 11.3. The maximum Gasteiger partial charge on any atom is 0.214 e. The van der Waals surface area contributed by atoms with E-state index in [1.165, 1.54) is 0 Å². The molecule has 1 heterocycles. The largest absolute Gasteiger partial charge is 0.378 e. The lowest BCUT2D eigenvalue weighted by Crippen LogP contribution is -2.50. The van der Waals surface area contributed by atoms with E-state index in [1.54, 1.807) is 4.31 Å². The third kappa shape index (κ3) is 3.78. The van der Waals surface area contributed by atoms with E-state index < -0.39 is 10.0 Å². The molecule has 1 unspecified atom stereocenters. The average molecular weight is 283 g/mol. The number of ether oxygens (including phenoxy) is 1. The third-order valence-electron chi connectivity index (χ3n) is 3.31. The lowest BCUT2D eigenvalue weighted by molar-refractivity contribution is 0.0328. The first-order valence-electron chi connectivity index (χ1n) is 6.74. The molecule has 1 aliphatic rings. The molecule has 0 aliphatic carbocycles. The molecule has 2 rings (SSSR count). The summed E-state index contributed by atoms with van der Waals surface area (Å²) in [5.74, 6) is 0.221. The Labute approximate surface area is 115 Å². The van der Waals surface area contributed by atoms with Crippen LogP contribution in [0.2, 0.25) is 0 Å². The Morgan fingerprint density at radius 1 is 1.32 bits per heavy atom. The van der Waals surface area contributed by atoms with E-state index in [0.717, 1.165) is 5.56 Å². The molecule has 0 aromatic heterocycles. The van der Waals surface area contributed by atoms with Crippen molar-refractivity contribution in [1.82, 2.24) is 4.31 Å². The second kappa shape index (κ2) is 6.50. The number of morpholine rings is 1. The molecule has 0 spiro atoms. The summed E-state index contributed by atoms with van der Waals surface area (Å²) >= 11 is 0. The molecule has 0 amide bonds. The smallest absolute Gasteiger partial charge is 0.214 e. The number of sulfonamides is 1. The number of benzene rings is 1. The van der Waals surface area contributed by atoms with Crippen LogP contribution < -0.4 is 0 Å². The van der Waals surface area contributed by atoms with Crippen LogP contribution in [0.1, 0.15) is 18.9 Å². The summed E-state index contributed by atoms with van der Waals surface area (Å²) in [5.41, 5.74) is 1.15. The van der Waals surface area contributed by atoms with Crippen molar-refractivity contribution in [3.8, 4) is 0 Å². The Hall–Kier alpha value is -0.910. The van der Waals surface area contributed by atoms with Crippen LogP contribution in [0.5, 0.6) is 0 Å². The average Bonchev–Trinajstić information content (AvgIpc) is 2.40. The van der Waals surface area contributed by atoms with Crippen molar-refractivity contribution in [2.24, 2.45) is 0 Å². The highest BCUT2D eigenvalue weighted by atomic mass is 32.2. The van der Waals surface area contributed by atoms with Crippen LogP contribution in [0.4, 0.5) is 0 Å². The molecule has 1 aromatic carbocycles. The van der Waals surface area contributed by atoms with Crippen LogP contribution in [0.15, 0.2) is 30.3 Å². The number of nitrogens with zero attached hydrogens (tertiary/aromatic N) is 1. The fourth-order valence-electron chi connectivity index (χ4n) is 2.43. The molecule has 1 aliphatic heterocycles. The van der Waals surface area contributed by atoms with E-state index >= 15 is 0 Å². The van der Waals surface area contributed by atoms with E-state index in [1.807, 2.05) is 37.3 Å². The van der Waals surface area contributed by atoms with Gasteiger partial charge >= 0.3 is 0 Å². The van der Waals surface area contributed by atoms with Gasteiger partial charge in [0.05, 0.1) is 25.0 Å². The Kier molecular flexibility index (Phi) is 4.96. The molecule has 5 heteroatoms. The van der Waals surface area contributed by atoms with Crippen LogP contribution in [0, 0.1) is 0 Å². The predicted octanol–water partition coefficient (Wildman–Crippen LogP) is 1.67. The van der Waals surface area contributed by atoms with Crippen LogP contribution in [0.3, 0.4) is 0 Å². The van der Waals surface area contributed by atoms with Crippen molar-refractivity contribution in [2.75, 3.05) is 25.5 Å². The summed E-state index contributed by atoms with van der Waals surface area (Å²) in [5, 5.41) is 0. The minimum Gasteiger partial charge on any atom is -0.378 e. The molecule has 1 saturated heterocycles. The maximum atomic E-state index is 12.3. The Morgan fingerprint density at radius 2 is 2.05 bits per heavy atom. The van der Waals surface area contributed by atoms with Gasteiger partial charge in [-0.2, -0.15) is 4.31 Å². The third-order valence-corrected chi connectivity index (χ3v) is 5.43. The van der Waals surface area contributed by atoms with Gasteiger partial charge in [0.15, 0.2) is 0 Å². The first-order chi connectivity index (χ1) is 9.13. The van der Waals surface area contributed by atoms with Crippen LogP contribution in [-0.2, 0) is 21.2 Å². The molecule has 0 radical (unpaired) electrons. The Morgan fingerprint density at radius 3 is 2.74 bits per heavy atom. The zero-order chi connectivity index (χ0) is 13.7. The maximum absolute atomic E-state index is 12.3. The van der Waals surface area contributed by atoms with Gasteiger partial charge in [-0.15, -0.1) is 0 Å². The van der Waals surface area contributed by atoms with E-state index in [2.05, 4.69) is 0 Å². The molecule has 0 saturated carbocycles. The van der Waals surface area contributed by atoms with Gasteiger partial charge in [0.1, 0.15) is 0 Å². The molecule has 19 heavy (non-hydrogen) atoms. The lowest BCUT2D eigenvalue weighted by Gasteiger charge is -2.34. The van der Waals surface area contributed by atoms with Crippen molar-refractivity contribution in [3.63, 3.8) is 0 Å². The van der Waals surface area contributed by atoms with Crippen molar-refractivity contribution >= 4 is 10.0 Å². The van der Waals surface area contributed by atoms with Gasteiger partial charge in [-0.05, 0) is 18.4 Å². The summed E-state index contributed by atoms with van der Waals surface area (Å²) in [7, 11) is -3.15. The monoisotopic (exact) mass is 283 g/mol. The van der Waals surface area contributed by atoms with Gasteiger partial charge in [0, 0.05) is 6.54 Å². The fourth-order valence-corrected chi connectivity index (χ4v) is 4.12. The number of hydrogen-bond donors (Lipinski definition) is 0. The minimum absolute atomic E-state index is 0.0762. The van der Waals surface area contributed by atoms with Gasteiger partial charge in [-0.1, -0.05) is 37.3 Å².